The Morgan fingerprint density at radius 2 is 1.81 bits per heavy atom. The zero-order valence-corrected chi connectivity index (χ0v) is 19.1. The van der Waals surface area contributed by atoms with E-state index in [1.54, 1.807) is 17.0 Å². The van der Waals surface area contributed by atoms with Gasteiger partial charge < -0.3 is 15.0 Å². The van der Waals surface area contributed by atoms with Crippen LogP contribution in [0.5, 0.6) is 0 Å². The summed E-state index contributed by atoms with van der Waals surface area (Å²) in [6.07, 6.45) is 7.60. The first kappa shape index (κ1) is 26.9. The number of carbonyl (C=O) groups is 2. The SMILES string of the molecule is Cl.O=C(O)CCCCCCNC(=O)C(Cn1ccnc1)NS(=O)(=O)c1ccc(Cl)cc1. The third-order valence-electron chi connectivity index (χ3n) is 4.31. The Hall–Kier alpha value is -2.14. The molecule has 0 aliphatic carbocycles. The van der Waals surface area contributed by atoms with Crippen LogP contribution in [-0.4, -0.2) is 47.5 Å². The van der Waals surface area contributed by atoms with E-state index in [9.17, 15) is 18.0 Å². The van der Waals surface area contributed by atoms with E-state index in [1.165, 1.54) is 30.6 Å². The average molecular weight is 493 g/mol. The summed E-state index contributed by atoms with van der Waals surface area (Å²) in [7, 11) is -3.93. The first-order valence-electron chi connectivity index (χ1n) is 9.51. The van der Waals surface area contributed by atoms with Gasteiger partial charge in [-0.3, -0.25) is 9.59 Å². The molecule has 0 aliphatic heterocycles. The quantitative estimate of drug-likeness (QED) is 0.368. The first-order valence-corrected chi connectivity index (χ1v) is 11.4. The number of halogens is 2. The number of hydrogen-bond acceptors (Lipinski definition) is 5. The van der Waals surface area contributed by atoms with Gasteiger partial charge in [-0.25, -0.2) is 13.4 Å². The van der Waals surface area contributed by atoms with Gasteiger partial charge in [0.25, 0.3) is 0 Å². The maximum absolute atomic E-state index is 12.7. The minimum atomic E-state index is -3.93. The molecule has 1 heterocycles. The number of carboxylic acid groups (broad SMARTS) is 1. The number of nitrogens with zero attached hydrogens (tertiary/aromatic N) is 2. The molecule has 0 saturated carbocycles. The predicted molar refractivity (Wildman–Crippen MR) is 119 cm³/mol. The fourth-order valence-electron chi connectivity index (χ4n) is 2.74. The van der Waals surface area contributed by atoms with Crippen molar-refractivity contribution in [2.24, 2.45) is 0 Å². The fraction of sp³-hybridized carbons (Fsp3) is 0.421. The monoisotopic (exact) mass is 492 g/mol. The summed E-state index contributed by atoms with van der Waals surface area (Å²) in [5.41, 5.74) is 0. The van der Waals surface area contributed by atoms with Crippen LogP contribution in [0.25, 0.3) is 0 Å². The van der Waals surface area contributed by atoms with E-state index >= 15 is 0 Å². The van der Waals surface area contributed by atoms with E-state index in [0.29, 0.717) is 24.4 Å². The van der Waals surface area contributed by atoms with Gasteiger partial charge >= 0.3 is 5.97 Å². The molecule has 1 aromatic heterocycles. The molecule has 1 atom stereocenters. The Kier molecular flexibility index (Phi) is 11.5. The molecule has 1 amide bonds. The number of hydrogen-bond donors (Lipinski definition) is 3. The summed E-state index contributed by atoms with van der Waals surface area (Å²) in [5, 5.41) is 11.8. The molecule has 3 N–H and O–H groups in total. The summed E-state index contributed by atoms with van der Waals surface area (Å²) in [5.74, 6) is -1.27. The topological polar surface area (TPSA) is 130 Å². The summed E-state index contributed by atoms with van der Waals surface area (Å²) in [4.78, 5) is 27.1. The standard InChI is InChI=1S/C19H25ClN4O5S.ClH/c20-15-6-8-16(9-7-15)30(28,29)23-17(13-24-12-11-21-14-24)19(27)22-10-4-2-1-3-5-18(25)26;/h6-9,11-12,14,17,23H,1-5,10,13H2,(H,22,27)(H,25,26);1H. The number of unbranched alkanes of at least 4 members (excludes halogenated alkanes) is 3. The molecular formula is C19H26Cl2N4O5S. The lowest BCUT2D eigenvalue weighted by atomic mass is 10.1. The second-order valence-electron chi connectivity index (χ2n) is 6.74. The van der Waals surface area contributed by atoms with Crippen molar-refractivity contribution in [2.45, 2.75) is 49.6 Å². The lowest BCUT2D eigenvalue weighted by Crippen LogP contribution is -2.49. The van der Waals surface area contributed by atoms with Gasteiger partial charge in [0.15, 0.2) is 0 Å². The highest BCUT2D eigenvalue weighted by Crippen LogP contribution is 2.14. The van der Waals surface area contributed by atoms with E-state index in [2.05, 4.69) is 15.0 Å². The highest BCUT2D eigenvalue weighted by Gasteiger charge is 2.26. The van der Waals surface area contributed by atoms with Crippen LogP contribution >= 0.6 is 24.0 Å². The molecule has 1 aromatic carbocycles. The highest BCUT2D eigenvalue weighted by atomic mass is 35.5. The molecule has 0 bridgehead atoms. The van der Waals surface area contributed by atoms with E-state index in [4.69, 9.17) is 16.7 Å². The summed E-state index contributed by atoms with van der Waals surface area (Å²) in [6.45, 7) is 0.451. The molecule has 0 saturated heterocycles. The van der Waals surface area contributed by atoms with E-state index in [-0.39, 0.29) is 30.3 Å². The van der Waals surface area contributed by atoms with Crippen molar-refractivity contribution in [3.63, 3.8) is 0 Å². The number of rotatable bonds is 13. The number of nitrogens with one attached hydrogen (secondary N) is 2. The minimum absolute atomic E-state index is 0. The number of aromatic nitrogens is 2. The normalized spacial score (nSPS) is 12.0. The molecule has 0 aliphatic rings. The van der Waals surface area contributed by atoms with Gasteiger partial charge in [0.05, 0.1) is 11.2 Å². The highest BCUT2D eigenvalue weighted by molar-refractivity contribution is 7.89. The molecule has 2 aromatic rings. The number of aliphatic carboxylic acids is 1. The minimum Gasteiger partial charge on any atom is -0.481 e. The lowest BCUT2D eigenvalue weighted by Gasteiger charge is -2.19. The third-order valence-corrected chi connectivity index (χ3v) is 6.05. The van der Waals surface area contributed by atoms with Crippen molar-refractivity contribution < 1.29 is 23.1 Å². The zero-order valence-electron chi connectivity index (χ0n) is 16.7. The second kappa shape index (κ2) is 13.3. The summed E-state index contributed by atoms with van der Waals surface area (Å²) in [6, 6.07) is 4.63. The van der Waals surface area contributed by atoms with Crippen LogP contribution in [0.2, 0.25) is 5.02 Å². The van der Waals surface area contributed by atoms with E-state index in [1.807, 2.05) is 0 Å². The van der Waals surface area contributed by atoms with Gasteiger partial charge in [0.2, 0.25) is 15.9 Å². The maximum atomic E-state index is 12.7. The zero-order chi connectivity index (χ0) is 22.0. The van der Waals surface area contributed by atoms with Gasteiger partial charge in [-0.1, -0.05) is 24.4 Å². The number of sulfonamides is 1. The van der Waals surface area contributed by atoms with E-state index < -0.39 is 27.9 Å². The Labute approximate surface area is 192 Å². The molecule has 9 nitrogen and oxygen atoms in total. The van der Waals surface area contributed by atoms with Gasteiger partial charge in [-0.2, -0.15) is 4.72 Å². The van der Waals surface area contributed by atoms with Gasteiger partial charge in [0, 0.05) is 36.9 Å². The molecule has 12 heteroatoms. The van der Waals surface area contributed by atoms with Gasteiger partial charge in [-0.15, -0.1) is 12.4 Å². The molecular weight excluding hydrogens is 467 g/mol. The van der Waals surface area contributed by atoms with Crippen LogP contribution in [0.15, 0.2) is 47.9 Å². The molecule has 2 rings (SSSR count). The van der Waals surface area contributed by atoms with Crippen LogP contribution in [0.4, 0.5) is 0 Å². The molecule has 1 unspecified atom stereocenters. The second-order valence-corrected chi connectivity index (χ2v) is 8.89. The van der Waals surface area contributed by atoms with Crippen molar-refractivity contribution in [1.82, 2.24) is 19.6 Å². The predicted octanol–water partition coefficient (Wildman–Crippen LogP) is 2.46. The number of carboxylic acids is 1. The number of benzene rings is 1. The van der Waals surface area contributed by atoms with Crippen molar-refractivity contribution in [2.75, 3.05) is 6.54 Å². The summed E-state index contributed by atoms with van der Waals surface area (Å²) >= 11 is 5.81. The Morgan fingerprint density at radius 3 is 2.42 bits per heavy atom. The average Bonchev–Trinajstić information content (AvgIpc) is 3.19. The van der Waals surface area contributed by atoms with Gasteiger partial charge in [-0.05, 0) is 37.1 Å². The van der Waals surface area contributed by atoms with Crippen LogP contribution in [0, 0.1) is 0 Å². The first-order chi connectivity index (χ1) is 14.3. The van der Waals surface area contributed by atoms with Crippen molar-refractivity contribution in [3.8, 4) is 0 Å². The molecule has 172 valence electrons. The smallest absolute Gasteiger partial charge is 0.303 e. The molecule has 0 radical (unpaired) electrons. The van der Waals surface area contributed by atoms with Gasteiger partial charge in [0.1, 0.15) is 6.04 Å². The van der Waals surface area contributed by atoms with Crippen LogP contribution in [-0.2, 0) is 26.2 Å². The van der Waals surface area contributed by atoms with Crippen molar-refractivity contribution in [3.05, 3.63) is 48.0 Å². The maximum Gasteiger partial charge on any atom is 0.303 e. The fourth-order valence-corrected chi connectivity index (χ4v) is 4.05. The lowest BCUT2D eigenvalue weighted by molar-refractivity contribution is -0.137. The number of amides is 1. The van der Waals surface area contributed by atoms with Crippen molar-refractivity contribution >= 4 is 45.9 Å². The number of imidazole rings is 1. The molecule has 0 fully saturated rings. The largest absolute Gasteiger partial charge is 0.481 e. The third kappa shape index (κ3) is 9.69. The Balaban J connectivity index is 0.00000480. The van der Waals surface area contributed by atoms with Crippen LogP contribution in [0.1, 0.15) is 32.1 Å². The number of carbonyl (C=O) groups excluding carboxylic acids is 1. The molecule has 0 spiro atoms. The van der Waals surface area contributed by atoms with Crippen LogP contribution in [0.3, 0.4) is 0 Å². The molecule has 31 heavy (non-hydrogen) atoms. The Morgan fingerprint density at radius 1 is 1.13 bits per heavy atom. The Bertz CT molecular complexity index is 921. The van der Waals surface area contributed by atoms with Crippen LogP contribution < -0.4 is 10.0 Å². The van der Waals surface area contributed by atoms with Crippen molar-refractivity contribution in [1.29, 1.82) is 0 Å². The summed E-state index contributed by atoms with van der Waals surface area (Å²) < 4.78 is 29.4. The van der Waals surface area contributed by atoms with E-state index in [0.717, 1.165) is 12.8 Å².